The van der Waals surface area contributed by atoms with Crippen molar-refractivity contribution in [3.63, 3.8) is 0 Å². The van der Waals surface area contributed by atoms with Gasteiger partial charge in [0, 0.05) is 28.3 Å². The molecule has 7 nitrogen and oxygen atoms in total. The number of ether oxygens (including phenoxy) is 1. The molecule has 27 heavy (non-hydrogen) atoms. The zero-order valence-corrected chi connectivity index (χ0v) is 15.0. The summed E-state index contributed by atoms with van der Waals surface area (Å²) in [4.78, 5) is 33.3. The number of nitro benzene ring substituents is 1. The molecule has 1 N–H and O–H groups in total. The lowest BCUT2D eigenvalue weighted by molar-refractivity contribution is -0.384. The van der Waals surface area contributed by atoms with Crippen molar-refractivity contribution in [1.82, 2.24) is 0 Å². The fourth-order valence-corrected chi connectivity index (χ4v) is 2.36. The lowest BCUT2D eigenvalue weighted by Gasteiger charge is -2.06. The minimum atomic E-state index is -0.863. The smallest absolute Gasteiger partial charge is 0.331 e. The number of nitrogens with one attached hydrogen (secondary N) is 1. The van der Waals surface area contributed by atoms with Gasteiger partial charge >= 0.3 is 5.97 Å². The van der Waals surface area contributed by atoms with Crippen LogP contribution in [0.1, 0.15) is 5.56 Å². The van der Waals surface area contributed by atoms with E-state index in [9.17, 15) is 24.1 Å². The van der Waals surface area contributed by atoms with Crippen molar-refractivity contribution in [2.45, 2.75) is 0 Å². The summed E-state index contributed by atoms with van der Waals surface area (Å²) in [6, 6.07) is 7.33. The van der Waals surface area contributed by atoms with Crippen LogP contribution in [0.3, 0.4) is 0 Å². The van der Waals surface area contributed by atoms with E-state index >= 15 is 0 Å². The molecule has 1 amide bonds. The zero-order valence-electron chi connectivity index (χ0n) is 13.4. The van der Waals surface area contributed by atoms with E-state index < -0.39 is 40.6 Å². The Balaban J connectivity index is 1.91. The minimum absolute atomic E-state index is 0.324. The normalized spacial score (nSPS) is 10.6. The van der Waals surface area contributed by atoms with E-state index in [1.54, 1.807) is 12.1 Å². The van der Waals surface area contributed by atoms with Crippen LogP contribution in [-0.2, 0) is 14.3 Å². The fraction of sp³-hybridized carbons (Fsp3) is 0.0588. The Labute approximate surface area is 162 Å². The van der Waals surface area contributed by atoms with Crippen LogP contribution in [0.4, 0.5) is 15.8 Å². The summed E-state index contributed by atoms with van der Waals surface area (Å²) < 4.78 is 18.3. The first-order valence-electron chi connectivity index (χ1n) is 7.30. The molecule has 0 spiro atoms. The highest BCUT2D eigenvalue weighted by Crippen LogP contribution is 2.22. The number of carbonyl (C=O) groups excluding carboxylic acids is 2. The number of amides is 1. The highest BCUT2D eigenvalue weighted by molar-refractivity contribution is 6.35. The predicted octanol–water partition coefficient (Wildman–Crippen LogP) is 4.24. The van der Waals surface area contributed by atoms with Crippen LogP contribution in [0.15, 0.2) is 42.5 Å². The van der Waals surface area contributed by atoms with Gasteiger partial charge in [-0.15, -0.1) is 0 Å². The minimum Gasteiger partial charge on any atom is -0.452 e. The zero-order chi connectivity index (χ0) is 20.0. The number of nitrogens with zero attached hydrogens (tertiary/aromatic N) is 1. The van der Waals surface area contributed by atoms with Crippen LogP contribution in [0.5, 0.6) is 0 Å². The summed E-state index contributed by atoms with van der Waals surface area (Å²) in [5, 5.41) is 13.5. The molecule has 0 atom stereocenters. The quantitative estimate of drug-likeness (QED) is 0.331. The van der Waals surface area contributed by atoms with Gasteiger partial charge in [-0.2, -0.15) is 0 Å². The lowest BCUT2D eigenvalue weighted by atomic mass is 10.2. The number of hydrogen-bond donors (Lipinski definition) is 1. The molecule has 0 radical (unpaired) electrons. The summed E-state index contributed by atoms with van der Waals surface area (Å²) in [5.41, 5.74) is -0.277. The molecular weight excluding hydrogens is 402 g/mol. The van der Waals surface area contributed by atoms with Gasteiger partial charge in [-0.1, -0.05) is 29.3 Å². The lowest BCUT2D eigenvalue weighted by Crippen LogP contribution is -2.20. The molecule has 0 saturated heterocycles. The van der Waals surface area contributed by atoms with E-state index in [0.29, 0.717) is 15.6 Å². The van der Waals surface area contributed by atoms with Crippen molar-refractivity contribution in [3.05, 3.63) is 74.0 Å². The number of halogens is 3. The van der Waals surface area contributed by atoms with Gasteiger partial charge in [-0.25, -0.2) is 9.18 Å². The Kier molecular flexibility index (Phi) is 6.86. The molecule has 2 aromatic carbocycles. The molecule has 0 aromatic heterocycles. The van der Waals surface area contributed by atoms with E-state index in [1.807, 2.05) is 0 Å². The van der Waals surface area contributed by atoms with Crippen molar-refractivity contribution in [2.75, 3.05) is 11.9 Å². The molecule has 0 unspecified atom stereocenters. The standard InChI is InChI=1S/C17H11Cl2FN2O5/c18-11-3-1-10(13(19)7-11)2-6-17(24)27-9-16(23)21-15-8-12(22(25)26)4-5-14(15)20/h1-8H,9H2,(H,21,23)/b6-2+. The first kappa shape index (κ1) is 20.3. The van der Waals surface area contributed by atoms with Gasteiger partial charge in [-0.05, 0) is 29.8 Å². The van der Waals surface area contributed by atoms with E-state index in [4.69, 9.17) is 27.9 Å². The molecule has 0 heterocycles. The molecule has 0 aliphatic carbocycles. The number of non-ortho nitro benzene ring substituents is 1. The number of hydrogen-bond acceptors (Lipinski definition) is 5. The molecule has 0 saturated carbocycles. The molecule has 0 aliphatic heterocycles. The molecule has 2 rings (SSSR count). The van der Waals surface area contributed by atoms with Crippen molar-refractivity contribution in [2.24, 2.45) is 0 Å². The molecule has 140 valence electrons. The van der Waals surface area contributed by atoms with Gasteiger partial charge in [0.1, 0.15) is 5.82 Å². The Hall–Kier alpha value is -2.97. The topological polar surface area (TPSA) is 98.5 Å². The number of nitro groups is 1. The number of rotatable bonds is 6. The molecule has 10 heteroatoms. The highest BCUT2D eigenvalue weighted by Gasteiger charge is 2.14. The van der Waals surface area contributed by atoms with Crippen LogP contribution in [0, 0.1) is 15.9 Å². The van der Waals surface area contributed by atoms with Crippen LogP contribution in [0.25, 0.3) is 6.08 Å². The van der Waals surface area contributed by atoms with Crippen LogP contribution in [0.2, 0.25) is 10.0 Å². The number of benzene rings is 2. The fourth-order valence-electron chi connectivity index (χ4n) is 1.89. The Morgan fingerprint density at radius 3 is 2.63 bits per heavy atom. The van der Waals surface area contributed by atoms with Crippen LogP contribution in [-0.4, -0.2) is 23.4 Å². The third kappa shape index (κ3) is 6.05. The SMILES string of the molecule is O=C(COC(=O)/C=C/c1ccc(Cl)cc1Cl)Nc1cc([N+](=O)[O-])ccc1F. The van der Waals surface area contributed by atoms with E-state index in [0.717, 1.165) is 24.3 Å². The summed E-state index contributed by atoms with van der Waals surface area (Å²) >= 11 is 11.7. The van der Waals surface area contributed by atoms with Gasteiger partial charge in [0.2, 0.25) is 0 Å². The van der Waals surface area contributed by atoms with Crippen LogP contribution >= 0.6 is 23.2 Å². The summed E-state index contributed by atoms with van der Waals surface area (Å²) in [7, 11) is 0. The van der Waals surface area contributed by atoms with E-state index in [1.165, 1.54) is 12.1 Å². The second-order valence-corrected chi connectivity index (χ2v) is 5.92. The van der Waals surface area contributed by atoms with Crippen LogP contribution < -0.4 is 5.32 Å². The average molecular weight is 413 g/mol. The van der Waals surface area contributed by atoms with Crippen molar-refractivity contribution in [1.29, 1.82) is 0 Å². The number of anilines is 1. The number of carbonyl (C=O) groups is 2. The second-order valence-electron chi connectivity index (χ2n) is 5.08. The molecular formula is C17H11Cl2FN2O5. The largest absolute Gasteiger partial charge is 0.452 e. The second kappa shape index (κ2) is 9.11. The summed E-state index contributed by atoms with van der Waals surface area (Å²) in [5.74, 6) is -2.56. The first-order valence-corrected chi connectivity index (χ1v) is 8.05. The Morgan fingerprint density at radius 2 is 1.96 bits per heavy atom. The van der Waals surface area contributed by atoms with Gasteiger partial charge in [0.15, 0.2) is 6.61 Å². The van der Waals surface area contributed by atoms with Gasteiger partial charge in [0.05, 0.1) is 10.6 Å². The molecule has 2 aromatic rings. The maximum atomic E-state index is 13.6. The third-order valence-electron chi connectivity index (χ3n) is 3.14. The molecule has 0 fully saturated rings. The maximum Gasteiger partial charge on any atom is 0.331 e. The van der Waals surface area contributed by atoms with E-state index in [-0.39, 0.29) is 0 Å². The van der Waals surface area contributed by atoms with Gasteiger partial charge in [0.25, 0.3) is 11.6 Å². The Morgan fingerprint density at radius 1 is 1.22 bits per heavy atom. The molecule has 0 aliphatic rings. The summed E-state index contributed by atoms with van der Waals surface area (Å²) in [6.45, 7) is -0.709. The van der Waals surface area contributed by atoms with Crippen molar-refractivity contribution in [3.8, 4) is 0 Å². The third-order valence-corrected chi connectivity index (χ3v) is 3.70. The highest BCUT2D eigenvalue weighted by atomic mass is 35.5. The van der Waals surface area contributed by atoms with Crippen molar-refractivity contribution < 1.29 is 23.6 Å². The van der Waals surface area contributed by atoms with E-state index in [2.05, 4.69) is 5.32 Å². The maximum absolute atomic E-state index is 13.6. The van der Waals surface area contributed by atoms with Gasteiger partial charge in [-0.3, -0.25) is 14.9 Å². The first-order chi connectivity index (χ1) is 12.8. The predicted molar refractivity (Wildman–Crippen MR) is 98.1 cm³/mol. The monoisotopic (exact) mass is 412 g/mol. The summed E-state index contributed by atoms with van der Waals surface area (Å²) in [6.07, 6.45) is 2.43. The van der Waals surface area contributed by atoms with Crippen molar-refractivity contribution >= 4 is 52.5 Å². The Bertz CT molecular complexity index is 934. The average Bonchev–Trinajstić information content (AvgIpc) is 2.61. The molecule has 0 bridgehead atoms. The number of esters is 1. The van der Waals surface area contributed by atoms with Gasteiger partial charge < -0.3 is 10.1 Å².